The van der Waals surface area contributed by atoms with Crippen molar-refractivity contribution in [3.8, 4) is 0 Å². The molecule has 0 saturated heterocycles. The Morgan fingerprint density at radius 2 is 1.84 bits per heavy atom. The predicted octanol–water partition coefficient (Wildman–Crippen LogP) is 5.26. The van der Waals surface area contributed by atoms with E-state index in [2.05, 4.69) is 10.3 Å². The lowest BCUT2D eigenvalue weighted by atomic mass is 10.2. The monoisotopic (exact) mass is 483 g/mol. The maximum Gasteiger partial charge on any atom is 0.264 e. The molecule has 9 heteroatoms. The van der Waals surface area contributed by atoms with Crippen molar-refractivity contribution in [1.82, 2.24) is 4.98 Å². The number of aromatic nitrogens is 1. The molecule has 0 aliphatic carbocycles. The Bertz CT molecular complexity index is 1420. The van der Waals surface area contributed by atoms with Gasteiger partial charge in [-0.3, -0.25) is 14.4 Å². The highest BCUT2D eigenvalue weighted by Crippen LogP contribution is 2.35. The summed E-state index contributed by atoms with van der Waals surface area (Å²) in [5, 5.41) is 3.80. The van der Waals surface area contributed by atoms with E-state index in [0.717, 1.165) is 21.3 Å². The third-order valence-electron chi connectivity index (χ3n) is 5.47. The molecule has 0 atom stereocenters. The number of amides is 1. The lowest BCUT2D eigenvalue weighted by molar-refractivity contribution is 0.102. The van der Waals surface area contributed by atoms with Crippen LogP contribution in [0.4, 0.5) is 10.8 Å². The van der Waals surface area contributed by atoms with Crippen LogP contribution in [0.25, 0.3) is 10.2 Å². The van der Waals surface area contributed by atoms with Gasteiger partial charge in [0.25, 0.3) is 15.9 Å². The van der Waals surface area contributed by atoms with Crippen LogP contribution in [0, 0.1) is 6.92 Å². The first-order valence-electron chi connectivity index (χ1n) is 9.92. The van der Waals surface area contributed by atoms with Crippen molar-refractivity contribution in [3.63, 3.8) is 0 Å². The molecule has 1 aromatic heterocycles. The fourth-order valence-corrected chi connectivity index (χ4v) is 6.50. The van der Waals surface area contributed by atoms with Crippen molar-refractivity contribution in [2.45, 2.75) is 18.2 Å². The van der Waals surface area contributed by atoms with E-state index >= 15 is 0 Å². The fraction of sp³-hybridized carbons (Fsp3) is 0.130. The summed E-state index contributed by atoms with van der Waals surface area (Å²) in [6.45, 7) is 2.34. The van der Waals surface area contributed by atoms with Crippen molar-refractivity contribution < 1.29 is 13.2 Å². The first-order chi connectivity index (χ1) is 15.3. The lowest BCUT2D eigenvalue weighted by Crippen LogP contribution is -2.29. The molecule has 0 bridgehead atoms. The van der Waals surface area contributed by atoms with E-state index in [9.17, 15) is 13.2 Å². The van der Waals surface area contributed by atoms with Gasteiger partial charge < -0.3 is 0 Å². The number of nitrogens with one attached hydrogen (secondary N) is 1. The van der Waals surface area contributed by atoms with Gasteiger partial charge in [-0.15, -0.1) is 0 Å². The molecular weight excluding hydrogens is 466 g/mol. The highest BCUT2D eigenvalue weighted by Gasteiger charge is 2.30. The molecule has 4 aromatic rings. The molecule has 0 fully saturated rings. The zero-order valence-corrected chi connectivity index (χ0v) is 19.4. The molecule has 3 aromatic carbocycles. The molecule has 1 aliphatic heterocycles. The van der Waals surface area contributed by atoms with Crippen molar-refractivity contribution in [2.24, 2.45) is 0 Å². The first kappa shape index (κ1) is 20.9. The van der Waals surface area contributed by atoms with E-state index in [1.54, 1.807) is 6.07 Å². The van der Waals surface area contributed by atoms with E-state index in [-0.39, 0.29) is 10.8 Å². The molecule has 2 heterocycles. The van der Waals surface area contributed by atoms with Crippen LogP contribution in [0.2, 0.25) is 5.02 Å². The van der Waals surface area contributed by atoms with E-state index < -0.39 is 10.0 Å². The molecule has 0 unspecified atom stereocenters. The number of benzene rings is 3. The number of hydrogen-bond acceptors (Lipinski definition) is 5. The van der Waals surface area contributed by atoms with E-state index in [0.29, 0.717) is 34.4 Å². The zero-order chi connectivity index (χ0) is 22.5. The van der Waals surface area contributed by atoms with Crippen molar-refractivity contribution in [1.29, 1.82) is 0 Å². The number of carbonyl (C=O) groups excluding carboxylic acids is 1. The number of carbonyl (C=O) groups is 1. The van der Waals surface area contributed by atoms with E-state index in [4.69, 9.17) is 11.6 Å². The minimum absolute atomic E-state index is 0.146. The molecular formula is C23H18ClN3O3S2. The number of thiazole rings is 1. The average Bonchev–Trinajstić information content (AvgIpc) is 3.42. The standard InChI is InChI=1S/C23H18ClN3O3S2/c1-14-6-11-18(24)21-20(14)25-23(31-21)26-22(28)16-7-9-17(10-8-16)32(29,30)27-13-12-15-4-2-3-5-19(15)27/h2-11H,12-13H2,1H3,(H,25,26,28). The Labute approximate surface area is 194 Å². The molecule has 1 N–H and O–H groups in total. The summed E-state index contributed by atoms with van der Waals surface area (Å²) in [4.78, 5) is 17.3. The minimum atomic E-state index is -3.70. The average molecular weight is 484 g/mol. The first-order valence-corrected chi connectivity index (χ1v) is 12.6. The summed E-state index contributed by atoms with van der Waals surface area (Å²) in [6, 6.07) is 17.1. The van der Waals surface area contributed by atoms with Gasteiger partial charge in [0, 0.05) is 12.1 Å². The number of anilines is 2. The Kier molecular flexibility index (Phi) is 5.16. The van der Waals surface area contributed by atoms with Crippen LogP contribution in [0.15, 0.2) is 65.6 Å². The van der Waals surface area contributed by atoms with Gasteiger partial charge in [-0.05, 0) is 60.9 Å². The lowest BCUT2D eigenvalue weighted by Gasteiger charge is -2.19. The number of fused-ring (bicyclic) bond motifs is 2. The van der Waals surface area contributed by atoms with Crippen LogP contribution in [0.5, 0.6) is 0 Å². The molecule has 0 saturated carbocycles. The number of rotatable bonds is 4. The predicted molar refractivity (Wildman–Crippen MR) is 128 cm³/mol. The van der Waals surface area contributed by atoms with Gasteiger partial charge in [0.15, 0.2) is 5.13 Å². The van der Waals surface area contributed by atoms with Gasteiger partial charge in [0.2, 0.25) is 0 Å². The quantitative estimate of drug-likeness (QED) is 0.429. The molecule has 1 amide bonds. The van der Waals surface area contributed by atoms with Crippen LogP contribution in [-0.2, 0) is 16.4 Å². The largest absolute Gasteiger partial charge is 0.298 e. The fourth-order valence-electron chi connectivity index (χ4n) is 3.79. The number of nitrogens with zero attached hydrogens (tertiary/aromatic N) is 2. The van der Waals surface area contributed by atoms with Gasteiger partial charge in [-0.1, -0.05) is 47.2 Å². The number of halogens is 1. The van der Waals surface area contributed by atoms with Gasteiger partial charge in [-0.25, -0.2) is 13.4 Å². The Morgan fingerprint density at radius 1 is 1.09 bits per heavy atom. The second-order valence-corrected chi connectivity index (χ2v) is 10.8. The summed E-state index contributed by atoms with van der Waals surface area (Å²) >= 11 is 7.54. The maximum atomic E-state index is 13.1. The van der Waals surface area contributed by atoms with Gasteiger partial charge in [0.1, 0.15) is 0 Å². The Balaban J connectivity index is 1.37. The molecule has 0 radical (unpaired) electrons. The van der Waals surface area contributed by atoms with E-state index in [1.807, 2.05) is 37.3 Å². The van der Waals surface area contributed by atoms with Crippen LogP contribution in [0.1, 0.15) is 21.5 Å². The summed E-state index contributed by atoms with van der Waals surface area (Å²) in [5.41, 5.74) is 3.79. The molecule has 5 rings (SSSR count). The summed E-state index contributed by atoms with van der Waals surface area (Å²) < 4.78 is 28.5. The van der Waals surface area contributed by atoms with Crippen molar-refractivity contribution in [2.75, 3.05) is 16.2 Å². The molecule has 32 heavy (non-hydrogen) atoms. The summed E-state index contributed by atoms with van der Waals surface area (Å²) in [5.74, 6) is -0.367. The highest BCUT2D eigenvalue weighted by molar-refractivity contribution is 7.92. The van der Waals surface area contributed by atoms with Gasteiger partial charge in [-0.2, -0.15) is 0 Å². The Hall–Kier alpha value is -2.94. The van der Waals surface area contributed by atoms with Crippen molar-refractivity contribution in [3.05, 3.63) is 82.4 Å². The second-order valence-electron chi connectivity index (χ2n) is 7.50. The molecule has 1 aliphatic rings. The van der Waals surface area contributed by atoms with Crippen molar-refractivity contribution >= 4 is 59.9 Å². The van der Waals surface area contributed by atoms with E-state index in [1.165, 1.54) is 39.9 Å². The van der Waals surface area contributed by atoms with Crippen LogP contribution < -0.4 is 9.62 Å². The second kappa shape index (κ2) is 7.88. The third-order valence-corrected chi connectivity index (χ3v) is 8.73. The normalized spacial score (nSPS) is 13.4. The number of aryl methyl sites for hydroxylation is 1. The number of hydrogen-bond donors (Lipinski definition) is 1. The number of sulfonamides is 1. The molecule has 0 spiro atoms. The van der Waals surface area contributed by atoms with Crippen LogP contribution in [0.3, 0.4) is 0 Å². The molecule has 6 nitrogen and oxygen atoms in total. The highest BCUT2D eigenvalue weighted by atomic mass is 35.5. The topological polar surface area (TPSA) is 79.4 Å². The number of para-hydroxylation sites is 1. The van der Waals surface area contributed by atoms with Gasteiger partial charge in [0.05, 0.1) is 25.8 Å². The smallest absolute Gasteiger partial charge is 0.264 e. The minimum Gasteiger partial charge on any atom is -0.298 e. The van der Waals surface area contributed by atoms with Crippen LogP contribution in [-0.4, -0.2) is 25.9 Å². The van der Waals surface area contributed by atoms with Crippen LogP contribution >= 0.6 is 22.9 Å². The summed E-state index contributed by atoms with van der Waals surface area (Å²) in [7, 11) is -3.70. The third kappa shape index (κ3) is 3.54. The Morgan fingerprint density at radius 3 is 2.59 bits per heavy atom. The maximum absolute atomic E-state index is 13.1. The SMILES string of the molecule is Cc1ccc(Cl)c2sc(NC(=O)c3ccc(S(=O)(=O)N4CCc5ccccc54)cc3)nc12. The summed E-state index contributed by atoms with van der Waals surface area (Å²) in [6.07, 6.45) is 0.682. The molecule has 162 valence electrons. The zero-order valence-electron chi connectivity index (χ0n) is 17.0. The van der Waals surface area contributed by atoms with Gasteiger partial charge >= 0.3 is 0 Å².